The normalized spacial score (nSPS) is 17.8. The molecule has 138 valence electrons. The number of nitrogens with one attached hydrogen (secondary N) is 1. The van der Waals surface area contributed by atoms with Crippen LogP contribution in [0.5, 0.6) is 0 Å². The summed E-state index contributed by atoms with van der Waals surface area (Å²) in [6.45, 7) is 4.36. The highest BCUT2D eigenvalue weighted by atomic mass is 16.5. The third kappa shape index (κ3) is 6.26. The SMILES string of the molecule is O=C(COCc1ccccc1)NCC1CN(Cc2ccccc2)CCO1. The van der Waals surface area contributed by atoms with Crippen LogP contribution in [0.4, 0.5) is 0 Å². The van der Waals surface area contributed by atoms with Crippen LogP contribution in [0.25, 0.3) is 0 Å². The minimum atomic E-state index is -0.107. The summed E-state index contributed by atoms with van der Waals surface area (Å²) >= 11 is 0. The topological polar surface area (TPSA) is 50.8 Å². The lowest BCUT2D eigenvalue weighted by atomic mass is 10.2. The summed E-state index contributed by atoms with van der Waals surface area (Å²) in [7, 11) is 0. The average molecular weight is 354 g/mol. The second-order valence-electron chi connectivity index (χ2n) is 6.50. The van der Waals surface area contributed by atoms with E-state index in [-0.39, 0.29) is 18.6 Å². The number of benzene rings is 2. The molecule has 1 fully saturated rings. The molecule has 0 aromatic heterocycles. The molecule has 0 radical (unpaired) electrons. The first-order chi connectivity index (χ1) is 12.8. The maximum Gasteiger partial charge on any atom is 0.246 e. The largest absolute Gasteiger partial charge is 0.374 e. The Morgan fingerprint density at radius 2 is 1.77 bits per heavy atom. The van der Waals surface area contributed by atoms with E-state index in [9.17, 15) is 4.79 Å². The Kier molecular flexibility index (Phi) is 7.19. The van der Waals surface area contributed by atoms with E-state index < -0.39 is 0 Å². The fraction of sp³-hybridized carbons (Fsp3) is 0.381. The Morgan fingerprint density at radius 3 is 2.50 bits per heavy atom. The molecule has 0 bridgehead atoms. The van der Waals surface area contributed by atoms with Gasteiger partial charge in [0.25, 0.3) is 0 Å². The number of hydrogen-bond donors (Lipinski definition) is 1. The molecular formula is C21H26N2O3. The van der Waals surface area contributed by atoms with E-state index in [1.807, 2.05) is 36.4 Å². The summed E-state index contributed by atoms with van der Waals surface area (Å²) in [6.07, 6.45) is 0.0190. The lowest BCUT2D eigenvalue weighted by Gasteiger charge is -2.33. The molecule has 0 saturated carbocycles. The molecule has 2 aromatic rings. The van der Waals surface area contributed by atoms with Gasteiger partial charge in [0.2, 0.25) is 5.91 Å². The second-order valence-corrected chi connectivity index (χ2v) is 6.50. The fourth-order valence-electron chi connectivity index (χ4n) is 3.00. The molecule has 1 heterocycles. The van der Waals surface area contributed by atoms with E-state index in [4.69, 9.17) is 9.47 Å². The van der Waals surface area contributed by atoms with Gasteiger partial charge in [-0.3, -0.25) is 9.69 Å². The first-order valence-corrected chi connectivity index (χ1v) is 9.06. The number of morpholine rings is 1. The molecule has 0 spiro atoms. The second kappa shape index (κ2) is 10.1. The summed E-state index contributed by atoms with van der Waals surface area (Å²) < 4.78 is 11.2. The Bertz CT molecular complexity index is 663. The molecule has 1 atom stereocenters. The minimum absolute atomic E-state index is 0.0190. The number of nitrogens with zero attached hydrogens (tertiary/aromatic N) is 1. The van der Waals surface area contributed by atoms with Crippen LogP contribution in [0.2, 0.25) is 0 Å². The van der Waals surface area contributed by atoms with E-state index in [0.29, 0.717) is 19.8 Å². The number of carbonyl (C=O) groups is 1. The zero-order chi connectivity index (χ0) is 18.0. The van der Waals surface area contributed by atoms with Crippen LogP contribution in [0.3, 0.4) is 0 Å². The van der Waals surface area contributed by atoms with Gasteiger partial charge >= 0.3 is 0 Å². The maximum atomic E-state index is 11.9. The molecule has 1 saturated heterocycles. The van der Waals surface area contributed by atoms with Gasteiger partial charge in [-0.05, 0) is 11.1 Å². The van der Waals surface area contributed by atoms with Crippen LogP contribution in [0.1, 0.15) is 11.1 Å². The monoisotopic (exact) mass is 354 g/mol. The predicted octanol–water partition coefficient (Wildman–Crippen LogP) is 2.22. The van der Waals surface area contributed by atoms with Crippen LogP contribution in [0, 0.1) is 0 Å². The summed E-state index contributed by atoms with van der Waals surface area (Å²) in [5.74, 6) is -0.107. The fourth-order valence-corrected chi connectivity index (χ4v) is 3.00. The molecule has 3 rings (SSSR count). The van der Waals surface area contributed by atoms with Crippen molar-refractivity contribution in [3.8, 4) is 0 Å². The van der Waals surface area contributed by atoms with Gasteiger partial charge in [0.1, 0.15) is 6.61 Å². The average Bonchev–Trinajstić information content (AvgIpc) is 2.68. The van der Waals surface area contributed by atoms with Gasteiger partial charge in [-0.1, -0.05) is 60.7 Å². The summed E-state index contributed by atoms with van der Waals surface area (Å²) in [5, 5.41) is 2.91. The number of hydrogen-bond acceptors (Lipinski definition) is 4. The highest BCUT2D eigenvalue weighted by Gasteiger charge is 2.21. The molecule has 1 aliphatic heterocycles. The van der Waals surface area contributed by atoms with E-state index >= 15 is 0 Å². The smallest absolute Gasteiger partial charge is 0.246 e. The molecule has 1 N–H and O–H groups in total. The molecule has 5 heteroatoms. The highest BCUT2D eigenvalue weighted by molar-refractivity contribution is 5.77. The third-order valence-electron chi connectivity index (χ3n) is 4.34. The van der Waals surface area contributed by atoms with Gasteiger partial charge in [-0.2, -0.15) is 0 Å². The number of amides is 1. The lowest BCUT2D eigenvalue weighted by Crippen LogP contribution is -2.47. The minimum Gasteiger partial charge on any atom is -0.374 e. The highest BCUT2D eigenvalue weighted by Crippen LogP contribution is 2.10. The van der Waals surface area contributed by atoms with Gasteiger partial charge in [0.15, 0.2) is 0 Å². The molecule has 1 aliphatic rings. The zero-order valence-electron chi connectivity index (χ0n) is 15.0. The standard InChI is InChI=1S/C21H26N2O3/c24-21(17-25-16-19-9-5-2-6-10-19)22-13-20-15-23(11-12-26-20)14-18-7-3-1-4-8-18/h1-10,20H,11-17H2,(H,22,24). The summed E-state index contributed by atoms with van der Waals surface area (Å²) in [5.41, 5.74) is 2.36. The van der Waals surface area contributed by atoms with Crippen LogP contribution < -0.4 is 5.32 Å². The lowest BCUT2D eigenvalue weighted by molar-refractivity contribution is -0.127. The van der Waals surface area contributed by atoms with Crippen LogP contribution in [-0.4, -0.2) is 49.8 Å². The Labute approximate surface area is 154 Å². The van der Waals surface area contributed by atoms with Gasteiger partial charge < -0.3 is 14.8 Å². The van der Waals surface area contributed by atoms with Crippen molar-refractivity contribution in [2.45, 2.75) is 19.3 Å². The van der Waals surface area contributed by atoms with E-state index in [1.165, 1.54) is 5.56 Å². The molecule has 1 amide bonds. The molecule has 26 heavy (non-hydrogen) atoms. The van der Waals surface area contributed by atoms with Crippen molar-refractivity contribution in [1.29, 1.82) is 0 Å². The van der Waals surface area contributed by atoms with Crippen LogP contribution in [-0.2, 0) is 27.4 Å². The Morgan fingerprint density at radius 1 is 1.08 bits per heavy atom. The first kappa shape index (κ1) is 18.6. The molecule has 1 unspecified atom stereocenters. The zero-order valence-corrected chi connectivity index (χ0v) is 15.0. The predicted molar refractivity (Wildman–Crippen MR) is 101 cm³/mol. The maximum absolute atomic E-state index is 11.9. The Balaban J connectivity index is 1.34. The van der Waals surface area contributed by atoms with E-state index in [2.05, 4.69) is 34.5 Å². The van der Waals surface area contributed by atoms with Crippen molar-refractivity contribution >= 4 is 5.91 Å². The third-order valence-corrected chi connectivity index (χ3v) is 4.34. The van der Waals surface area contributed by atoms with Crippen LogP contribution in [0.15, 0.2) is 60.7 Å². The van der Waals surface area contributed by atoms with Crippen molar-refractivity contribution in [1.82, 2.24) is 10.2 Å². The molecular weight excluding hydrogens is 328 g/mol. The quantitative estimate of drug-likeness (QED) is 0.790. The number of carbonyl (C=O) groups excluding carboxylic acids is 1. The van der Waals surface area contributed by atoms with Gasteiger partial charge in [0, 0.05) is 26.2 Å². The van der Waals surface area contributed by atoms with Gasteiger partial charge in [-0.25, -0.2) is 0 Å². The van der Waals surface area contributed by atoms with Crippen LogP contribution >= 0.6 is 0 Å². The first-order valence-electron chi connectivity index (χ1n) is 9.06. The number of ether oxygens (including phenoxy) is 2. The van der Waals surface area contributed by atoms with Crippen molar-refractivity contribution in [2.24, 2.45) is 0 Å². The molecule has 0 aliphatic carbocycles. The van der Waals surface area contributed by atoms with Crippen molar-refractivity contribution in [2.75, 3.05) is 32.8 Å². The van der Waals surface area contributed by atoms with Crippen molar-refractivity contribution < 1.29 is 14.3 Å². The molecule has 5 nitrogen and oxygen atoms in total. The summed E-state index contributed by atoms with van der Waals surface area (Å²) in [4.78, 5) is 14.3. The number of rotatable bonds is 8. The van der Waals surface area contributed by atoms with Crippen molar-refractivity contribution in [3.63, 3.8) is 0 Å². The van der Waals surface area contributed by atoms with Gasteiger partial charge in [0.05, 0.1) is 19.3 Å². The molecule has 2 aromatic carbocycles. The van der Waals surface area contributed by atoms with Crippen molar-refractivity contribution in [3.05, 3.63) is 71.8 Å². The summed E-state index contributed by atoms with van der Waals surface area (Å²) in [6, 6.07) is 20.3. The van der Waals surface area contributed by atoms with Gasteiger partial charge in [-0.15, -0.1) is 0 Å². The van der Waals surface area contributed by atoms with E-state index in [0.717, 1.165) is 25.2 Å². The van der Waals surface area contributed by atoms with E-state index in [1.54, 1.807) is 0 Å². The Hall–Kier alpha value is -2.21.